The van der Waals surface area contributed by atoms with Crippen LogP contribution in [0.4, 0.5) is 0 Å². The highest BCUT2D eigenvalue weighted by Gasteiger charge is 2.10. The molecule has 0 fully saturated rings. The number of benzene rings is 1. The summed E-state index contributed by atoms with van der Waals surface area (Å²) >= 11 is 0. The van der Waals surface area contributed by atoms with Gasteiger partial charge >= 0.3 is 0 Å². The molecule has 16 heavy (non-hydrogen) atoms. The van der Waals surface area contributed by atoms with E-state index in [1.54, 1.807) is 5.56 Å². The van der Waals surface area contributed by atoms with E-state index in [4.69, 9.17) is 10.5 Å². The molecule has 0 aliphatic rings. The maximum Gasteiger partial charge on any atom is -0.0188 e. The van der Waals surface area contributed by atoms with E-state index in [0.717, 1.165) is 0 Å². The summed E-state index contributed by atoms with van der Waals surface area (Å²) in [7, 11) is 0. The van der Waals surface area contributed by atoms with Crippen LogP contribution in [0.5, 0.6) is 0 Å². The quantitative estimate of drug-likeness (QED) is 0.573. The molecular weight excluding hydrogens is 200 g/mol. The monoisotopic (exact) mass is 224 g/mol. The van der Waals surface area contributed by atoms with Crippen molar-refractivity contribution >= 4 is 0 Å². The van der Waals surface area contributed by atoms with Crippen LogP contribution in [-0.2, 0) is 0 Å². The van der Waals surface area contributed by atoms with Gasteiger partial charge < -0.3 is 0 Å². The van der Waals surface area contributed by atoms with Crippen LogP contribution >= 0.6 is 0 Å². The van der Waals surface area contributed by atoms with Gasteiger partial charge in [0.1, 0.15) is 0 Å². The van der Waals surface area contributed by atoms with Crippen LogP contribution in [0.2, 0.25) is 0 Å². The molecular formula is C14H24O2. The minimum absolute atomic E-state index is 0.644. The molecule has 0 amide bonds. The Kier molecular flexibility index (Phi) is 7.86. The second-order valence-electron chi connectivity index (χ2n) is 4.47. The molecule has 0 aliphatic heterocycles. The topological polar surface area (TPSA) is 40.5 Å². The van der Waals surface area contributed by atoms with E-state index in [9.17, 15) is 0 Å². The highest BCUT2D eigenvalue weighted by molar-refractivity contribution is 5.32. The molecule has 1 aromatic rings. The number of hydrogen-bond donors (Lipinski definition) is 2. The van der Waals surface area contributed by atoms with Gasteiger partial charge in [-0.1, -0.05) is 58.4 Å². The van der Waals surface area contributed by atoms with E-state index in [0.29, 0.717) is 11.8 Å². The van der Waals surface area contributed by atoms with Gasteiger partial charge in [-0.3, -0.25) is 10.5 Å². The first-order valence-corrected chi connectivity index (χ1v) is 5.95. The molecule has 2 heteroatoms. The van der Waals surface area contributed by atoms with Gasteiger partial charge in [-0.2, -0.15) is 0 Å². The minimum Gasteiger partial charge on any atom is -0.255 e. The predicted molar refractivity (Wildman–Crippen MR) is 69.1 cm³/mol. The first kappa shape index (κ1) is 15.1. The van der Waals surface area contributed by atoms with E-state index in [1.165, 1.54) is 18.4 Å². The summed E-state index contributed by atoms with van der Waals surface area (Å²) in [5.41, 5.74) is 3.07. The van der Waals surface area contributed by atoms with Crippen LogP contribution in [-0.4, -0.2) is 10.5 Å². The van der Waals surface area contributed by atoms with Gasteiger partial charge in [0.15, 0.2) is 0 Å². The minimum atomic E-state index is 0.644. The maximum atomic E-state index is 6.00. The number of rotatable bonds is 4. The fraction of sp³-hybridized carbons (Fsp3) is 0.571. The third-order valence-electron chi connectivity index (χ3n) is 2.87. The summed E-state index contributed by atoms with van der Waals surface area (Å²) in [6.07, 6.45) is 2.57. The van der Waals surface area contributed by atoms with Gasteiger partial charge in [-0.15, -0.1) is 0 Å². The molecule has 0 aromatic heterocycles. The average Bonchev–Trinajstić information content (AvgIpc) is 2.32. The van der Waals surface area contributed by atoms with E-state index < -0.39 is 0 Å². The highest BCUT2D eigenvalue weighted by Crippen LogP contribution is 2.28. The van der Waals surface area contributed by atoms with Gasteiger partial charge in [0.2, 0.25) is 0 Å². The van der Waals surface area contributed by atoms with Crippen molar-refractivity contribution in [2.45, 2.75) is 52.4 Å². The van der Waals surface area contributed by atoms with Crippen molar-refractivity contribution in [3.63, 3.8) is 0 Å². The molecule has 0 radical (unpaired) electrons. The first-order chi connectivity index (χ1) is 7.66. The second kappa shape index (κ2) is 8.31. The molecule has 0 saturated heterocycles. The third kappa shape index (κ3) is 4.33. The Balaban J connectivity index is 0.00000106. The average molecular weight is 224 g/mol. The van der Waals surface area contributed by atoms with Crippen molar-refractivity contribution in [1.29, 1.82) is 0 Å². The smallest absolute Gasteiger partial charge is 0.0188 e. The molecule has 2 N–H and O–H groups in total. The summed E-state index contributed by atoms with van der Waals surface area (Å²) in [5.74, 6) is 1.35. The zero-order valence-electron chi connectivity index (χ0n) is 10.8. The summed E-state index contributed by atoms with van der Waals surface area (Å²) in [6.45, 7) is 9.15. The molecule has 1 unspecified atom stereocenters. The van der Waals surface area contributed by atoms with Crippen LogP contribution in [0.3, 0.4) is 0 Å². The Hall–Kier alpha value is -0.860. The fourth-order valence-corrected chi connectivity index (χ4v) is 2.07. The zero-order valence-corrected chi connectivity index (χ0v) is 10.8. The second-order valence-corrected chi connectivity index (χ2v) is 4.47. The molecule has 0 saturated carbocycles. The lowest BCUT2D eigenvalue weighted by Gasteiger charge is -2.18. The normalized spacial score (nSPS) is 11.9. The van der Waals surface area contributed by atoms with Gasteiger partial charge in [-0.25, -0.2) is 0 Å². The van der Waals surface area contributed by atoms with Crippen molar-refractivity contribution < 1.29 is 10.5 Å². The molecule has 1 atom stereocenters. The van der Waals surface area contributed by atoms with Crippen LogP contribution in [0, 0.1) is 0 Å². The van der Waals surface area contributed by atoms with Crippen LogP contribution in [0.15, 0.2) is 24.3 Å². The van der Waals surface area contributed by atoms with Gasteiger partial charge in [0.05, 0.1) is 0 Å². The third-order valence-corrected chi connectivity index (χ3v) is 2.87. The SMILES string of the molecule is CCCC(C)c1ccccc1C(C)C.OO. The number of hydrogen-bond acceptors (Lipinski definition) is 2. The molecule has 1 rings (SSSR count). The van der Waals surface area contributed by atoms with Gasteiger partial charge in [0.25, 0.3) is 0 Å². The van der Waals surface area contributed by atoms with Gasteiger partial charge in [0, 0.05) is 0 Å². The van der Waals surface area contributed by atoms with E-state index >= 15 is 0 Å². The zero-order chi connectivity index (χ0) is 12.6. The van der Waals surface area contributed by atoms with E-state index in [-0.39, 0.29) is 0 Å². The molecule has 0 bridgehead atoms. The largest absolute Gasteiger partial charge is 0.255 e. The van der Waals surface area contributed by atoms with Crippen molar-refractivity contribution in [2.24, 2.45) is 0 Å². The molecule has 0 heterocycles. The van der Waals surface area contributed by atoms with Crippen LogP contribution in [0.25, 0.3) is 0 Å². The Morgan fingerprint density at radius 3 is 1.94 bits per heavy atom. The standard InChI is InChI=1S/C14H22.H2O2/c1-5-8-12(4)14-10-7-6-9-13(14)11(2)3;1-2/h6-7,9-12H,5,8H2,1-4H3;1-2H. The lowest BCUT2D eigenvalue weighted by atomic mass is 9.88. The van der Waals surface area contributed by atoms with Crippen molar-refractivity contribution in [2.75, 3.05) is 0 Å². The van der Waals surface area contributed by atoms with Crippen molar-refractivity contribution in [3.05, 3.63) is 35.4 Å². The van der Waals surface area contributed by atoms with Crippen molar-refractivity contribution in [3.8, 4) is 0 Å². The molecule has 92 valence electrons. The van der Waals surface area contributed by atoms with E-state index in [2.05, 4.69) is 52.0 Å². The maximum absolute atomic E-state index is 6.00. The summed E-state index contributed by atoms with van der Waals surface area (Å²) < 4.78 is 0. The van der Waals surface area contributed by atoms with Gasteiger partial charge in [-0.05, 0) is 29.4 Å². The van der Waals surface area contributed by atoms with E-state index in [1.807, 2.05) is 0 Å². The Morgan fingerprint density at radius 2 is 1.50 bits per heavy atom. The van der Waals surface area contributed by atoms with Crippen molar-refractivity contribution in [1.82, 2.24) is 0 Å². The molecule has 0 spiro atoms. The van der Waals surface area contributed by atoms with Crippen LogP contribution < -0.4 is 0 Å². The molecule has 1 aromatic carbocycles. The fourth-order valence-electron chi connectivity index (χ4n) is 2.07. The van der Waals surface area contributed by atoms with Crippen LogP contribution in [0.1, 0.15) is 63.5 Å². The predicted octanol–water partition coefficient (Wildman–Crippen LogP) is 4.73. The summed E-state index contributed by atoms with van der Waals surface area (Å²) in [6, 6.07) is 8.87. The lowest BCUT2D eigenvalue weighted by molar-refractivity contribution is -0.176. The Bertz CT molecular complexity index is 282. The summed E-state index contributed by atoms with van der Waals surface area (Å²) in [4.78, 5) is 0. The Labute approximate surface area is 98.9 Å². The molecule has 2 nitrogen and oxygen atoms in total. The Morgan fingerprint density at radius 1 is 1.00 bits per heavy atom. The molecule has 0 aliphatic carbocycles. The highest BCUT2D eigenvalue weighted by atomic mass is 17.0. The first-order valence-electron chi connectivity index (χ1n) is 5.95. The summed E-state index contributed by atoms with van der Waals surface area (Å²) in [5, 5.41) is 12.0. The lowest BCUT2D eigenvalue weighted by Crippen LogP contribution is -2.00.